The first-order chi connectivity index (χ1) is 11.8. The number of hydrogen-bond donors (Lipinski definition) is 0. The Morgan fingerprint density at radius 2 is 1.48 bits per heavy atom. The van der Waals surface area contributed by atoms with Gasteiger partial charge in [0.2, 0.25) is 0 Å². The van der Waals surface area contributed by atoms with Crippen molar-refractivity contribution in [3.05, 3.63) is 43.3 Å². The predicted molar refractivity (Wildman–Crippen MR) is 84.1 cm³/mol. The second-order valence-electron chi connectivity index (χ2n) is 5.73. The molecule has 0 bridgehead atoms. The molecule has 2 nitrogen and oxygen atoms in total. The molecule has 0 atom stereocenters. The van der Waals surface area contributed by atoms with Crippen LogP contribution in [0.3, 0.4) is 0 Å². The SMILES string of the molecule is Cc1sccc1C1=C(c2cc(C(=O)[O-])sc2C)C(F)(F)C(F)(F)C1(F)F.[Na+]. The molecule has 11 heteroatoms. The average Bonchev–Trinajstić information content (AvgIpc) is 3.11. The quantitative estimate of drug-likeness (QED) is 0.544. The third kappa shape index (κ3) is 3.00. The van der Waals surface area contributed by atoms with Crippen molar-refractivity contribution in [1.29, 1.82) is 0 Å². The van der Waals surface area contributed by atoms with E-state index >= 15 is 0 Å². The van der Waals surface area contributed by atoms with Crippen LogP contribution in [0.5, 0.6) is 0 Å². The molecule has 3 rings (SSSR count). The number of aryl methyl sites for hydroxylation is 2. The first-order valence-electron chi connectivity index (χ1n) is 7.09. The first-order valence-corrected chi connectivity index (χ1v) is 8.79. The number of thiophene rings is 2. The summed E-state index contributed by atoms with van der Waals surface area (Å²) in [5.41, 5.74) is -4.07. The van der Waals surface area contributed by atoms with Crippen molar-refractivity contribution in [2.75, 3.05) is 0 Å². The fraction of sp³-hybridized carbons (Fsp3) is 0.312. The molecule has 0 amide bonds. The van der Waals surface area contributed by atoms with Crippen LogP contribution in [0, 0.1) is 13.8 Å². The molecule has 27 heavy (non-hydrogen) atoms. The Labute approximate surface area is 179 Å². The zero-order valence-electron chi connectivity index (χ0n) is 14.1. The summed E-state index contributed by atoms with van der Waals surface area (Å²) in [5, 5.41) is 12.3. The van der Waals surface area contributed by atoms with Gasteiger partial charge in [-0.25, -0.2) is 0 Å². The summed E-state index contributed by atoms with van der Waals surface area (Å²) in [5.74, 6) is -17.7. The summed E-state index contributed by atoms with van der Waals surface area (Å²) in [4.78, 5) is 10.5. The van der Waals surface area contributed by atoms with Gasteiger partial charge >= 0.3 is 47.3 Å². The molecule has 140 valence electrons. The Bertz CT molecular complexity index is 945. The minimum Gasteiger partial charge on any atom is -0.544 e. The fourth-order valence-electron chi connectivity index (χ4n) is 2.91. The van der Waals surface area contributed by atoms with Crippen molar-refractivity contribution >= 4 is 39.8 Å². The third-order valence-electron chi connectivity index (χ3n) is 4.18. The van der Waals surface area contributed by atoms with Gasteiger partial charge in [0.1, 0.15) is 0 Å². The molecule has 0 N–H and O–H groups in total. The van der Waals surface area contributed by atoms with E-state index in [0.29, 0.717) is 17.4 Å². The molecule has 0 fully saturated rings. The van der Waals surface area contributed by atoms with Crippen LogP contribution < -0.4 is 34.7 Å². The van der Waals surface area contributed by atoms with Gasteiger partial charge in [-0.05, 0) is 42.5 Å². The van der Waals surface area contributed by atoms with E-state index in [9.17, 15) is 36.2 Å². The second-order valence-corrected chi connectivity index (χ2v) is 8.11. The largest absolute Gasteiger partial charge is 1.00 e. The van der Waals surface area contributed by atoms with Gasteiger partial charge in [0.25, 0.3) is 0 Å². The van der Waals surface area contributed by atoms with Gasteiger partial charge in [-0.15, -0.1) is 22.7 Å². The Kier molecular flexibility index (Phi) is 5.75. The number of allylic oxidation sites excluding steroid dienone is 2. The van der Waals surface area contributed by atoms with Gasteiger partial charge in [0.15, 0.2) is 0 Å². The molecule has 2 heterocycles. The van der Waals surface area contributed by atoms with Crippen molar-refractivity contribution < 1.29 is 65.8 Å². The summed E-state index contributed by atoms with van der Waals surface area (Å²) in [7, 11) is 0. The molecule has 0 aromatic carbocycles. The van der Waals surface area contributed by atoms with Crippen LogP contribution in [0.4, 0.5) is 26.3 Å². The van der Waals surface area contributed by atoms with Gasteiger partial charge in [0, 0.05) is 20.9 Å². The first kappa shape index (κ1) is 22.5. The van der Waals surface area contributed by atoms with Crippen molar-refractivity contribution in [2.45, 2.75) is 31.6 Å². The number of rotatable bonds is 3. The van der Waals surface area contributed by atoms with Crippen molar-refractivity contribution in [3.63, 3.8) is 0 Å². The van der Waals surface area contributed by atoms with Crippen LogP contribution in [-0.4, -0.2) is 23.7 Å². The second kappa shape index (κ2) is 6.91. The average molecular weight is 434 g/mol. The molecule has 0 aliphatic heterocycles. The number of carbonyl (C=O) groups excluding carboxylic acids is 1. The van der Waals surface area contributed by atoms with Crippen LogP contribution in [-0.2, 0) is 0 Å². The van der Waals surface area contributed by atoms with Gasteiger partial charge in [-0.1, -0.05) is 0 Å². The normalized spacial score (nSPS) is 19.9. The molecule has 0 saturated carbocycles. The van der Waals surface area contributed by atoms with Gasteiger partial charge in [-0.2, -0.15) is 26.3 Å². The van der Waals surface area contributed by atoms with E-state index in [0.717, 1.165) is 17.4 Å². The van der Waals surface area contributed by atoms with E-state index in [4.69, 9.17) is 0 Å². The summed E-state index contributed by atoms with van der Waals surface area (Å²) < 4.78 is 86.0. The maximum absolute atomic E-state index is 14.5. The number of aromatic carboxylic acids is 1. The molecule has 0 unspecified atom stereocenters. The minimum absolute atomic E-state index is 0. The van der Waals surface area contributed by atoms with E-state index in [1.165, 1.54) is 19.2 Å². The predicted octanol–water partition coefficient (Wildman–Crippen LogP) is 1.62. The van der Waals surface area contributed by atoms with E-state index < -0.39 is 50.9 Å². The van der Waals surface area contributed by atoms with E-state index in [2.05, 4.69) is 0 Å². The van der Waals surface area contributed by atoms with Gasteiger partial charge in [-0.3, -0.25) is 0 Å². The Morgan fingerprint density at radius 3 is 1.89 bits per heavy atom. The number of hydrogen-bond acceptors (Lipinski definition) is 4. The molecule has 2 aromatic heterocycles. The van der Waals surface area contributed by atoms with Crippen LogP contribution in [0.15, 0.2) is 17.5 Å². The number of carboxylic acids is 1. The smallest absolute Gasteiger partial charge is 0.544 e. The Morgan fingerprint density at radius 1 is 0.963 bits per heavy atom. The minimum atomic E-state index is -5.66. The monoisotopic (exact) mass is 434 g/mol. The molecule has 0 spiro atoms. The maximum atomic E-state index is 14.5. The van der Waals surface area contributed by atoms with Crippen molar-refractivity contribution in [3.8, 4) is 0 Å². The van der Waals surface area contributed by atoms with Crippen molar-refractivity contribution in [1.82, 2.24) is 0 Å². The summed E-state index contributed by atoms with van der Waals surface area (Å²) >= 11 is 1.44. The number of carboxylic acid groups (broad SMARTS) is 1. The summed E-state index contributed by atoms with van der Waals surface area (Å²) in [6.07, 6.45) is 0. The zero-order chi connectivity index (χ0) is 19.7. The molecular weight excluding hydrogens is 425 g/mol. The number of carbonyl (C=O) groups is 1. The zero-order valence-corrected chi connectivity index (χ0v) is 17.8. The van der Waals surface area contributed by atoms with Crippen LogP contribution >= 0.6 is 22.7 Å². The van der Waals surface area contributed by atoms with Crippen molar-refractivity contribution in [2.24, 2.45) is 0 Å². The van der Waals surface area contributed by atoms with E-state index in [1.54, 1.807) is 0 Å². The maximum Gasteiger partial charge on any atom is 1.00 e. The fourth-order valence-corrected chi connectivity index (χ4v) is 4.47. The molecule has 0 radical (unpaired) electrons. The molecule has 1 aliphatic rings. The Hall–Kier alpha value is -0.810. The summed E-state index contributed by atoms with van der Waals surface area (Å²) in [6.45, 7) is 2.55. The number of halogens is 6. The van der Waals surface area contributed by atoms with Crippen LogP contribution in [0.25, 0.3) is 11.1 Å². The van der Waals surface area contributed by atoms with Gasteiger partial charge in [0.05, 0.1) is 10.8 Å². The molecule has 2 aromatic rings. The Balaban J connectivity index is 0.00000261. The van der Waals surface area contributed by atoms with E-state index in [-0.39, 0.29) is 39.3 Å². The third-order valence-corrected chi connectivity index (χ3v) is 6.06. The topological polar surface area (TPSA) is 40.1 Å². The van der Waals surface area contributed by atoms with Crippen LogP contribution in [0.1, 0.15) is 30.6 Å². The molecular formula is C16H9F6NaO2S2. The van der Waals surface area contributed by atoms with E-state index in [1.807, 2.05) is 0 Å². The van der Waals surface area contributed by atoms with Gasteiger partial charge < -0.3 is 9.90 Å². The van der Waals surface area contributed by atoms with Crippen LogP contribution in [0.2, 0.25) is 0 Å². The molecule has 0 saturated heterocycles. The standard InChI is InChI=1S/C16H10F6O2S2.Na/c1-6-8(3-4-25-6)11-12(9-5-10(13(23)24)26-7(9)2)15(19,20)16(21,22)14(11,17)18;/h3-5H,1-2H3,(H,23,24);/q;+1/p-1. The number of alkyl halides is 6. The molecule has 1 aliphatic carbocycles. The summed E-state index contributed by atoms with van der Waals surface area (Å²) in [6, 6.07) is 1.75.